The number of aliphatic imine (C=N–C) groups is 1. The molecule has 1 saturated heterocycles. The van der Waals surface area contributed by atoms with Crippen molar-refractivity contribution in [2.45, 2.75) is 32.5 Å². The highest BCUT2D eigenvalue weighted by atomic mass is 16.5. The molecule has 0 aromatic heterocycles. The number of carbonyl (C=O) groups excluding carboxylic acids is 2. The lowest BCUT2D eigenvalue weighted by molar-refractivity contribution is -0.136. The summed E-state index contributed by atoms with van der Waals surface area (Å²) in [7, 11) is 1.70. The largest absolute Gasteiger partial charge is 0.394 e. The average molecular weight is 428 g/mol. The number of likely N-dealkylation sites (N-methyl/N-ethyl adjacent to an activating group) is 1. The molecule has 3 aliphatic heterocycles. The molecule has 0 aliphatic carbocycles. The van der Waals surface area contributed by atoms with Crippen molar-refractivity contribution in [2.24, 2.45) is 4.99 Å². The molecule has 2 atom stereocenters. The summed E-state index contributed by atoms with van der Waals surface area (Å²) in [5, 5.41) is 8.91. The molecule has 3 heterocycles. The second-order valence-electron chi connectivity index (χ2n) is 7.93. The number of rotatable bonds is 8. The monoisotopic (exact) mass is 427 g/mol. The van der Waals surface area contributed by atoms with Gasteiger partial charge >= 0.3 is 6.03 Å². The van der Waals surface area contributed by atoms with Gasteiger partial charge in [0.05, 0.1) is 19.8 Å². The third-order valence-corrected chi connectivity index (χ3v) is 6.17. The van der Waals surface area contributed by atoms with Gasteiger partial charge in [-0.25, -0.2) is 9.79 Å². The molecular weight excluding hydrogens is 398 g/mol. The van der Waals surface area contributed by atoms with Crippen LogP contribution in [-0.4, -0.2) is 94.8 Å². The maximum absolute atomic E-state index is 13.5. The first-order valence-corrected chi connectivity index (χ1v) is 10.6. The van der Waals surface area contributed by atoms with Crippen LogP contribution in [-0.2, 0) is 16.0 Å². The minimum atomic E-state index is -0.563. The predicted molar refractivity (Wildman–Crippen MR) is 115 cm³/mol. The van der Waals surface area contributed by atoms with E-state index in [0.29, 0.717) is 32.1 Å². The zero-order valence-electron chi connectivity index (χ0n) is 18.2. The highest BCUT2D eigenvalue weighted by Crippen LogP contribution is 2.37. The number of carbonyl (C=O) groups is 2. The van der Waals surface area contributed by atoms with Crippen LogP contribution >= 0.6 is 0 Å². The zero-order chi connectivity index (χ0) is 22.1. The highest BCUT2D eigenvalue weighted by Gasteiger charge is 2.55. The number of amides is 3. The van der Waals surface area contributed by atoms with Crippen LogP contribution in [0.1, 0.15) is 19.4 Å². The van der Waals surface area contributed by atoms with Crippen LogP contribution in [0.25, 0.3) is 0 Å². The zero-order valence-corrected chi connectivity index (χ0v) is 18.2. The summed E-state index contributed by atoms with van der Waals surface area (Å²) >= 11 is 0. The predicted octanol–water partition coefficient (Wildman–Crippen LogP) is 1.07. The molecule has 9 heteroatoms. The van der Waals surface area contributed by atoms with E-state index in [0.717, 1.165) is 17.0 Å². The molecular formula is C22H29N5O4. The van der Waals surface area contributed by atoms with E-state index in [2.05, 4.69) is 0 Å². The standard InChI is InChI=1S/C22H29N5O4/c1-15-16(2)27-18-19(23-21(27)25(15)11-13-31-14-12-28)24(3)22(30)26(20(18)29)10-9-17-7-5-4-6-8-17/h4-8,18-19,28H,9-14H2,1-3H3. The smallest absolute Gasteiger partial charge is 0.328 e. The van der Waals surface area contributed by atoms with E-state index >= 15 is 0 Å². The Morgan fingerprint density at radius 2 is 1.77 bits per heavy atom. The van der Waals surface area contributed by atoms with Crippen molar-refractivity contribution in [3.63, 3.8) is 0 Å². The molecule has 1 fully saturated rings. The maximum Gasteiger partial charge on any atom is 0.328 e. The molecule has 0 saturated carbocycles. The summed E-state index contributed by atoms with van der Waals surface area (Å²) < 4.78 is 5.42. The van der Waals surface area contributed by atoms with E-state index in [4.69, 9.17) is 14.8 Å². The summed E-state index contributed by atoms with van der Waals surface area (Å²) in [6, 6.07) is 8.96. The minimum Gasteiger partial charge on any atom is -0.394 e. The summed E-state index contributed by atoms with van der Waals surface area (Å²) in [6.07, 6.45) is 0.0614. The fraction of sp³-hybridized carbons (Fsp3) is 0.500. The van der Waals surface area contributed by atoms with Crippen molar-refractivity contribution in [1.82, 2.24) is 19.6 Å². The molecule has 0 radical (unpaired) electrons. The Balaban J connectivity index is 1.53. The van der Waals surface area contributed by atoms with Gasteiger partial charge < -0.3 is 19.6 Å². The lowest BCUT2D eigenvalue weighted by Gasteiger charge is -2.40. The van der Waals surface area contributed by atoms with Crippen LogP contribution in [0.3, 0.4) is 0 Å². The maximum atomic E-state index is 13.5. The number of guanidine groups is 1. The first-order chi connectivity index (χ1) is 15.0. The first kappa shape index (κ1) is 21.3. The molecule has 31 heavy (non-hydrogen) atoms. The number of nitrogens with zero attached hydrogens (tertiary/aromatic N) is 5. The van der Waals surface area contributed by atoms with Crippen LogP contribution < -0.4 is 0 Å². The Labute approximate surface area is 182 Å². The molecule has 4 rings (SSSR count). The Morgan fingerprint density at radius 3 is 2.48 bits per heavy atom. The lowest BCUT2D eigenvalue weighted by atomic mass is 10.1. The van der Waals surface area contributed by atoms with Gasteiger partial charge in [0, 0.05) is 31.5 Å². The van der Waals surface area contributed by atoms with Crippen molar-refractivity contribution < 1.29 is 19.4 Å². The number of ether oxygens (including phenoxy) is 1. The van der Waals surface area contributed by atoms with Crippen molar-refractivity contribution in [1.29, 1.82) is 0 Å². The van der Waals surface area contributed by atoms with Crippen LogP contribution in [0.15, 0.2) is 46.7 Å². The third kappa shape index (κ3) is 3.68. The van der Waals surface area contributed by atoms with Crippen molar-refractivity contribution in [3.8, 4) is 0 Å². The topological polar surface area (TPSA) is 88.9 Å². The number of allylic oxidation sites excluding steroid dienone is 2. The van der Waals surface area contributed by atoms with Gasteiger partial charge in [-0.2, -0.15) is 0 Å². The fourth-order valence-corrected chi connectivity index (χ4v) is 4.36. The lowest BCUT2D eigenvalue weighted by Crippen LogP contribution is -2.64. The Kier molecular flexibility index (Phi) is 5.97. The number of fused-ring (bicyclic) bond motifs is 3. The van der Waals surface area contributed by atoms with Crippen LogP contribution in [0.4, 0.5) is 4.79 Å². The van der Waals surface area contributed by atoms with Gasteiger partial charge in [-0.3, -0.25) is 14.6 Å². The van der Waals surface area contributed by atoms with Crippen molar-refractivity contribution >= 4 is 17.9 Å². The van der Waals surface area contributed by atoms with Gasteiger partial charge in [0.15, 0.2) is 12.2 Å². The van der Waals surface area contributed by atoms with Gasteiger partial charge in [0.25, 0.3) is 5.91 Å². The Bertz CT molecular complexity index is 916. The third-order valence-electron chi connectivity index (χ3n) is 6.17. The second-order valence-corrected chi connectivity index (χ2v) is 7.93. The highest BCUT2D eigenvalue weighted by molar-refractivity contribution is 6.05. The molecule has 1 aromatic rings. The normalized spacial score (nSPS) is 23.0. The number of imide groups is 1. The van der Waals surface area contributed by atoms with E-state index in [1.54, 1.807) is 11.9 Å². The number of hydrogen-bond donors (Lipinski definition) is 1. The SMILES string of the molecule is CC1=C(C)N2C(=NC3C2C(=O)N(CCc2ccccc2)C(=O)N3C)N1CCOCCO. The van der Waals surface area contributed by atoms with E-state index in [1.807, 2.05) is 54.0 Å². The van der Waals surface area contributed by atoms with Gasteiger partial charge in [0.1, 0.15) is 0 Å². The number of benzene rings is 1. The van der Waals surface area contributed by atoms with Gasteiger partial charge in [0.2, 0.25) is 5.96 Å². The Hall–Kier alpha value is -2.91. The molecule has 3 aliphatic rings. The average Bonchev–Trinajstić information content (AvgIpc) is 3.27. The van der Waals surface area contributed by atoms with E-state index in [1.165, 1.54) is 4.90 Å². The molecule has 9 nitrogen and oxygen atoms in total. The van der Waals surface area contributed by atoms with E-state index in [-0.39, 0.29) is 25.2 Å². The molecule has 1 aromatic carbocycles. The van der Waals surface area contributed by atoms with Crippen LogP contribution in [0.2, 0.25) is 0 Å². The van der Waals surface area contributed by atoms with Crippen molar-refractivity contribution in [3.05, 3.63) is 47.3 Å². The van der Waals surface area contributed by atoms with Gasteiger partial charge in [-0.05, 0) is 25.8 Å². The Morgan fingerprint density at radius 1 is 1.03 bits per heavy atom. The molecule has 2 unspecified atom stereocenters. The molecule has 166 valence electrons. The quantitative estimate of drug-likeness (QED) is 0.625. The summed E-state index contributed by atoms with van der Waals surface area (Å²) in [5.74, 6) is 0.462. The second kappa shape index (κ2) is 8.68. The molecule has 1 N–H and O–H groups in total. The molecule has 3 amide bonds. The van der Waals surface area contributed by atoms with E-state index < -0.39 is 12.2 Å². The summed E-state index contributed by atoms with van der Waals surface area (Å²) in [4.78, 5) is 38.1. The van der Waals surface area contributed by atoms with E-state index in [9.17, 15) is 9.59 Å². The summed E-state index contributed by atoms with van der Waals surface area (Å²) in [5.41, 5.74) is 3.04. The first-order valence-electron chi connectivity index (χ1n) is 10.6. The molecule has 0 spiro atoms. The number of aliphatic hydroxyl groups is 1. The van der Waals surface area contributed by atoms with Crippen molar-refractivity contribution in [2.75, 3.05) is 40.0 Å². The summed E-state index contributed by atoms with van der Waals surface area (Å²) in [6.45, 7) is 5.54. The number of hydrogen-bond acceptors (Lipinski definition) is 7. The van der Waals surface area contributed by atoms with Gasteiger partial charge in [-0.1, -0.05) is 30.3 Å². The van der Waals surface area contributed by atoms with Crippen LogP contribution in [0, 0.1) is 0 Å². The number of urea groups is 1. The molecule has 0 bridgehead atoms. The minimum absolute atomic E-state index is 0.0225. The fourth-order valence-electron chi connectivity index (χ4n) is 4.36. The number of aliphatic hydroxyl groups excluding tert-OH is 1. The van der Waals surface area contributed by atoms with Crippen LogP contribution in [0.5, 0.6) is 0 Å². The van der Waals surface area contributed by atoms with Gasteiger partial charge in [-0.15, -0.1) is 0 Å².